The van der Waals surface area contributed by atoms with Gasteiger partial charge in [-0.1, -0.05) is 107 Å². The second kappa shape index (κ2) is 15.4. The van der Waals surface area contributed by atoms with Crippen molar-refractivity contribution in [3.63, 3.8) is 0 Å². The van der Waals surface area contributed by atoms with E-state index < -0.39 is 12.0 Å². The molecule has 5 aromatic rings. The highest BCUT2D eigenvalue weighted by Crippen LogP contribution is 2.41. The van der Waals surface area contributed by atoms with Gasteiger partial charge in [0.25, 0.3) is 0 Å². The molecule has 2 heterocycles. The van der Waals surface area contributed by atoms with Crippen LogP contribution in [-0.2, 0) is 28.5 Å². The van der Waals surface area contributed by atoms with E-state index in [-0.39, 0.29) is 13.2 Å². The predicted molar refractivity (Wildman–Crippen MR) is 190 cm³/mol. The second-order valence-electron chi connectivity index (χ2n) is 10.8. The van der Waals surface area contributed by atoms with E-state index >= 15 is 0 Å². The van der Waals surface area contributed by atoms with Gasteiger partial charge in [-0.2, -0.15) is 4.98 Å². The Morgan fingerprint density at radius 2 is 1.67 bits per heavy atom. The topological polar surface area (TPSA) is 87.5 Å². The first-order valence-corrected chi connectivity index (χ1v) is 17.3. The number of allylic oxidation sites excluding steroid dienone is 1. The van der Waals surface area contributed by atoms with Crippen molar-refractivity contribution in [1.29, 1.82) is 0 Å². The quantitative estimate of drug-likeness (QED) is 0.101. The molecule has 0 fully saturated rings. The summed E-state index contributed by atoms with van der Waals surface area (Å²) in [7, 11) is 0. The summed E-state index contributed by atoms with van der Waals surface area (Å²) in [5.41, 5.74) is 4.37. The molecule has 1 aliphatic rings. The normalized spacial score (nSPS) is 13.9. The molecule has 1 N–H and O–H groups in total. The summed E-state index contributed by atoms with van der Waals surface area (Å²) in [6.45, 7) is 4.45. The van der Waals surface area contributed by atoms with Crippen LogP contribution in [0, 0.1) is 0 Å². The average Bonchev–Trinajstić information content (AvgIpc) is 3.49. The highest BCUT2D eigenvalue weighted by molar-refractivity contribution is 7.98. The maximum absolute atomic E-state index is 13.8. The lowest BCUT2D eigenvalue weighted by molar-refractivity contribution is -0.140. The van der Waals surface area contributed by atoms with Crippen LogP contribution in [0.3, 0.4) is 0 Å². The molecule has 0 radical (unpaired) electrons. The Morgan fingerprint density at radius 3 is 2.44 bits per heavy atom. The fourth-order valence-corrected chi connectivity index (χ4v) is 6.78. The molecule has 8 nitrogen and oxygen atoms in total. The number of nitrogens with zero attached hydrogens (tertiary/aromatic N) is 3. The fraction of sp³-hybridized carbons (Fsp3) is 0.194. The Kier molecular flexibility index (Phi) is 10.8. The molecule has 1 aliphatic heterocycles. The molecular weight excluding hydrogens is 691 g/mol. The van der Waals surface area contributed by atoms with Crippen LogP contribution in [0.2, 0.25) is 15.1 Å². The van der Waals surface area contributed by atoms with Crippen molar-refractivity contribution in [2.45, 2.75) is 44.0 Å². The number of halogens is 3. The third-order valence-electron chi connectivity index (χ3n) is 7.56. The number of aromatic nitrogens is 3. The van der Waals surface area contributed by atoms with Crippen molar-refractivity contribution in [1.82, 2.24) is 14.8 Å². The van der Waals surface area contributed by atoms with Crippen LogP contribution in [0.25, 0.3) is 0 Å². The van der Waals surface area contributed by atoms with Crippen LogP contribution in [-0.4, -0.2) is 27.3 Å². The standard InChI is InChI=1S/C36H31Cl3N4O4S/c1-3-45-31-17-24(14-16-30(31)46-20-25-13-15-27(37)18-29(25)39)33-32(34(44)47-19-23-9-5-4-6-10-23)22(2)40-35-41-36(42-43(33)35)48-21-26-11-7-8-12-28(26)38/h4-18,33H,3,19-21H2,1-2H3,(H,40,41,42). The average molecular weight is 722 g/mol. The molecule has 4 aromatic carbocycles. The van der Waals surface area contributed by atoms with Crippen LogP contribution in [0.15, 0.2) is 107 Å². The minimum absolute atomic E-state index is 0.122. The third kappa shape index (κ3) is 7.76. The minimum atomic E-state index is -0.675. The third-order valence-corrected chi connectivity index (χ3v) is 9.40. The molecule has 48 heavy (non-hydrogen) atoms. The molecule has 6 rings (SSSR count). The predicted octanol–water partition coefficient (Wildman–Crippen LogP) is 9.54. The van der Waals surface area contributed by atoms with Gasteiger partial charge >= 0.3 is 5.97 Å². The van der Waals surface area contributed by atoms with Crippen molar-refractivity contribution in [3.8, 4) is 11.5 Å². The van der Waals surface area contributed by atoms with Crippen molar-refractivity contribution >= 4 is 58.5 Å². The first kappa shape index (κ1) is 33.7. The van der Waals surface area contributed by atoms with Crippen molar-refractivity contribution < 1.29 is 19.0 Å². The molecule has 1 atom stereocenters. The Bertz CT molecular complexity index is 1970. The molecule has 12 heteroatoms. The van der Waals surface area contributed by atoms with Gasteiger partial charge in [-0.15, -0.1) is 5.10 Å². The SMILES string of the molecule is CCOc1cc(C2C(C(=O)OCc3ccccc3)=C(C)Nc3nc(SCc4ccccc4Cl)nn32)ccc1OCc1ccc(Cl)cc1Cl. The highest BCUT2D eigenvalue weighted by Gasteiger charge is 2.36. The lowest BCUT2D eigenvalue weighted by Gasteiger charge is -2.28. The van der Waals surface area contributed by atoms with Crippen LogP contribution in [0.5, 0.6) is 11.5 Å². The molecule has 0 amide bonds. The number of carbonyl (C=O) groups is 1. The van der Waals surface area contributed by atoms with Crippen LogP contribution in [0.1, 0.15) is 42.1 Å². The van der Waals surface area contributed by atoms with E-state index in [0.29, 0.717) is 61.3 Å². The largest absolute Gasteiger partial charge is 0.490 e. The first-order valence-electron chi connectivity index (χ1n) is 15.2. The van der Waals surface area contributed by atoms with Crippen LogP contribution in [0.4, 0.5) is 5.95 Å². The van der Waals surface area contributed by atoms with Gasteiger partial charge in [0.1, 0.15) is 19.3 Å². The first-order chi connectivity index (χ1) is 23.3. The summed E-state index contributed by atoms with van der Waals surface area (Å²) >= 11 is 20.3. The molecular formula is C36H31Cl3N4O4S. The molecule has 246 valence electrons. The number of anilines is 1. The molecule has 0 bridgehead atoms. The number of rotatable bonds is 12. The van der Waals surface area contributed by atoms with E-state index in [1.54, 1.807) is 16.8 Å². The lowest BCUT2D eigenvalue weighted by atomic mass is 9.95. The number of esters is 1. The Hall–Kier alpha value is -4.15. The smallest absolute Gasteiger partial charge is 0.338 e. The maximum Gasteiger partial charge on any atom is 0.338 e. The van der Waals surface area contributed by atoms with Gasteiger partial charge < -0.3 is 19.5 Å². The van der Waals surface area contributed by atoms with Gasteiger partial charge in [-0.25, -0.2) is 9.48 Å². The monoisotopic (exact) mass is 720 g/mol. The van der Waals surface area contributed by atoms with E-state index in [4.69, 9.17) is 59.1 Å². The summed E-state index contributed by atoms with van der Waals surface area (Å²) in [6, 6.07) is 27.4. The van der Waals surface area contributed by atoms with E-state index in [1.165, 1.54) is 11.8 Å². The second-order valence-corrected chi connectivity index (χ2v) is 13.0. The molecule has 0 aliphatic carbocycles. The molecule has 1 unspecified atom stereocenters. The number of benzene rings is 4. The Morgan fingerprint density at radius 1 is 0.875 bits per heavy atom. The van der Waals surface area contributed by atoms with Gasteiger partial charge in [-0.3, -0.25) is 0 Å². The van der Waals surface area contributed by atoms with Crippen molar-refractivity contribution in [2.24, 2.45) is 0 Å². The van der Waals surface area contributed by atoms with Gasteiger partial charge in [-0.05, 0) is 60.9 Å². The number of fused-ring (bicyclic) bond motifs is 1. The summed E-state index contributed by atoms with van der Waals surface area (Å²) in [4.78, 5) is 18.6. The van der Waals surface area contributed by atoms with Crippen LogP contribution < -0.4 is 14.8 Å². The summed E-state index contributed by atoms with van der Waals surface area (Å²) in [5, 5.41) is 10.4. The van der Waals surface area contributed by atoms with E-state index in [1.807, 2.05) is 92.7 Å². The van der Waals surface area contributed by atoms with E-state index in [0.717, 1.165) is 22.3 Å². The van der Waals surface area contributed by atoms with E-state index in [9.17, 15) is 4.79 Å². The molecule has 1 aromatic heterocycles. The zero-order valence-electron chi connectivity index (χ0n) is 26.1. The molecule has 0 saturated heterocycles. The number of carbonyl (C=O) groups excluding carboxylic acids is 1. The van der Waals surface area contributed by atoms with E-state index in [2.05, 4.69) is 5.32 Å². The minimum Gasteiger partial charge on any atom is -0.490 e. The zero-order chi connectivity index (χ0) is 33.6. The van der Waals surface area contributed by atoms with Gasteiger partial charge in [0, 0.05) is 32.1 Å². The number of hydrogen-bond donors (Lipinski definition) is 1. The van der Waals surface area contributed by atoms with Crippen molar-refractivity contribution in [3.05, 3.63) is 140 Å². The summed E-state index contributed by atoms with van der Waals surface area (Å²) in [5.74, 6) is 1.61. The summed E-state index contributed by atoms with van der Waals surface area (Å²) < 4.78 is 19.7. The van der Waals surface area contributed by atoms with Crippen molar-refractivity contribution in [2.75, 3.05) is 11.9 Å². The number of hydrogen-bond acceptors (Lipinski definition) is 8. The Labute approximate surface area is 298 Å². The van der Waals surface area contributed by atoms with Crippen LogP contribution >= 0.6 is 46.6 Å². The Balaban J connectivity index is 1.33. The zero-order valence-corrected chi connectivity index (χ0v) is 29.2. The molecule has 0 spiro atoms. The highest BCUT2D eigenvalue weighted by atomic mass is 35.5. The maximum atomic E-state index is 13.8. The van der Waals surface area contributed by atoms with Gasteiger partial charge in [0.05, 0.1) is 12.2 Å². The number of ether oxygens (including phenoxy) is 3. The van der Waals surface area contributed by atoms with Gasteiger partial charge in [0.15, 0.2) is 11.5 Å². The molecule has 0 saturated carbocycles. The lowest BCUT2D eigenvalue weighted by Crippen LogP contribution is -2.29. The fourth-order valence-electron chi connectivity index (χ4n) is 5.20. The summed E-state index contributed by atoms with van der Waals surface area (Å²) in [6.07, 6.45) is 0. The van der Waals surface area contributed by atoms with Gasteiger partial charge in [0.2, 0.25) is 11.1 Å². The number of nitrogens with one attached hydrogen (secondary N) is 1. The number of thioether (sulfide) groups is 1.